The number of hydrogen-bond acceptors (Lipinski definition) is 9. The molecular weight excluding hydrogens is 342 g/mol. The monoisotopic (exact) mass is 361 g/mol. The van der Waals surface area contributed by atoms with Crippen LogP contribution in [0.2, 0.25) is 0 Å². The van der Waals surface area contributed by atoms with Crippen LogP contribution in [0.3, 0.4) is 0 Å². The van der Waals surface area contributed by atoms with Crippen LogP contribution in [0.1, 0.15) is 5.56 Å². The van der Waals surface area contributed by atoms with Crippen LogP contribution in [0.4, 0.5) is 4.79 Å². The van der Waals surface area contributed by atoms with E-state index in [1.807, 2.05) is 0 Å². The van der Waals surface area contributed by atoms with Gasteiger partial charge in [0.1, 0.15) is 6.61 Å². The molecule has 134 valence electrons. The van der Waals surface area contributed by atoms with Gasteiger partial charge in [-0.2, -0.15) is 0 Å². The number of nitrogens with zero attached hydrogens (tertiary/aromatic N) is 1. The Morgan fingerprint density at radius 2 is 1.83 bits per heavy atom. The zero-order valence-electron chi connectivity index (χ0n) is 13.5. The number of carbonyl (C=O) groups excluding carboxylic acids is 2. The fraction of sp³-hybridized carbons (Fsp3) is 0.429. The summed E-state index contributed by atoms with van der Waals surface area (Å²) in [4.78, 5) is 25.7. The summed E-state index contributed by atoms with van der Waals surface area (Å²) in [5, 5.41) is 9.86. The van der Waals surface area contributed by atoms with Crippen molar-refractivity contribution in [3.63, 3.8) is 0 Å². The molecular formula is C14H19NO8S. The first-order valence-corrected chi connectivity index (χ1v) is 8.59. The van der Waals surface area contributed by atoms with Crippen LogP contribution in [0.25, 0.3) is 0 Å². The zero-order valence-corrected chi connectivity index (χ0v) is 14.3. The first-order chi connectivity index (χ1) is 11.2. The van der Waals surface area contributed by atoms with Gasteiger partial charge >= 0.3 is 12.1 Å². The van der Waals surface area contributed by atoms with Crippen molar-refractivity contribution < 1.29 is 37.4 Å². The SMILES string of the molecule is COC(=O)[C@@](CO)(N(C)OC(=O)OCc1ccccc1)S(C)(=O)=O. The van der Waals surface area contributed by atoms with Gasteiger partial charge in [0.25, 0.3) is 4.87 Å². The summed E-state index contributed by atoms with van der Waals surface area (Å²) in [7, 11) is -2.29. The van der Waals surface area contributed by atoms with E-state index in [0.717, 1.165) is 14.2 Å². The van der Waals surface area contributed by atoms with Crippen molar-refractivity contribution in [2.75, 3.05) is 27.0 Å². The van der Waals surface area contributed by atoms with Gasteiger partial charge in [-0.05, 0) is 5.56 Å². The minimum atomic E-state index is -4.23. The van der Waals surface area contributed by atoms with Crippen LogP contribution in [-0.2, 0) is 35.5 Å². The molecule has 1 aromatic carbocycles. The molecule has 0 aliphatic carbocycles. The lowest BCUT2D eigenvalue weighted by molar-refractivity contribution is -0.186. The number of benzene rings is 1. The summed E-state index contributed by atoms with van der Waals surface area (Å²) in [6, 6.07) is 8.69. The van der Waals surface area contributed by atoms with Crippen molar-refractivity contribution in [2.45, 2.75) is 11.5 Å². The van der Waals surface area contributed by atoms with Crippen LogP contribution in [-0.4, -0.2) is 62.6 Å². The summed E-state index contributed by atoms with van der Waals surface area (Å²) >= 11 is 0. The lowest BCUT2D eigenvalue weighted by Crippen LogP contribution is -2.61. The van der Waals surface area contributed by atoms with Crippen molar-refractivity contribution in [3.8, 4) is 0 Å². The zero-order chi connectivity index (χ0) is 18.4. The second-order valence-electron chi connectivity index (χ2n) is 4.82. The predicted octanol–water partition coefficient (Wildman–Crippen LogP) is 0.0928. The number of sulfone groups is 1. The van der Waals surface area contributed by atoms with Crippen LogP contribution in [0.15, 0.2) is 30.3 Å². The maximum atomic E-state index is 12.0. The van der Waals surface area contributed by atoms with Gasteiger partial charge in [-0.1, -0.05) is 30.3 Å². The Hall–Kier alpha value is -2.17. The van der Waals surface area contributed by atoms with Gasteiger partial charge in [-0.3, -0.25) is 0 Å². The average molecular weight is 361 g/mol. The Morgan fingerprint density at radius 3 is 2.29 bits per heavy atom. The molecule has 0 amide bonds. The van der Waals surface area contributed by atoms with E-state index in [0.29, 0.717) is 16.9 Å². The van der Waals surface area contributed by atoms with Gasteiger partial charge in [0, 0.05) is 13.3 Å². The van der Waals surface area contributed by atoms with E-state index < -0.39 is 33.4 Å². The highest BCUT2D eigenvalue weighted by atomic mass is 32.2. The van der Waals surface area contributed by atoms with Crippen molar-refractivity contribution in [1.82, 2.24) is 5.06 Å². The first kappa shape index (κ1) is 19.9. The topological polar surface area (TPSA) is 119 Å². The molecule has 24 heavy (non-hydrogen) atoms. The van der Waals surface area contributed by atoms with Crippen LogP contribution in [0.5, 0.6) is 0 Å². The highest BCUT2D eigenvalue weighted by molar-refractivity contribution is 7.92. The predicted molar refractivity (Wildman–Crippen MR) is 82.2 cm³/mol. The normalized spacial score (nSPS) is 13.9. The summed E-state index contributed by atoms with van der Waals surface area (Å²) in [5.41, 5.74) is 0.682. The summed E-state index contributed by atoms with van der Waals surface area (Å²) < 4.78 is 33.2. The molecule has 0 unspecified atom stereocenters. The van der Waals surface area contributed by atoms with E-state index in [-0.39, 0.29) is 6.61 Å². The fourth-order valence-corrected chi connectivity index (χ4v) is 3.01. The molecule has 1 aromatic rings. The Bertz CT molecular complexity index is 675. The van der Waals surface area contributed by atoms with Gasteiger partial charge in [0.05, 0.1) is 13.7 Å². The minimum Gasteiger partial charge on any atom is -0.467 e. The van der Waals surface area contributed by atoms with Gasteiger partial charge in [0.2, 0.25) is 0 Å². The number of likely N-dealkylation sites (N-methyl/N-ethyl adjacent to an activating group) is 1. The molecule has 0 aliphatic rings. The van der Waals surface area contributed by atoms with Crippen molar-refractivity contribution in [3.05, 3.63) is 35.9 Å². The third-order valence-electron chi connectivity index (χ3n) is 3.25. The van der Waals surface area contributed by atoms with E-state index in [2.05, 4.69) is 4.74 Å². The second-order valence-corrected chi connectivity index (χ2v) is 7.04. The smallest absolute Gasteiger partial charge is 0.467 e. The molecule has 0 saturated heterocycles. The average Bonchev–Trinajstić information content (AvgIpc) is 2.53. The number of methoxy groups -OCH3 is 1. The molecule has 0 aliphatic heterocycles. The molecule has 0 saturated carbocycles. The molecule has 10 heteroatoms. The molecule has 1 rings (SSSR count). The molecule has 0 fully saturated rings. The minimum absolute atomic E-state index is 0.114. The lowest BCUT2D eigenvalue weighted by atomic mass is 10.2. The molecule has 1 N–H and O–H groups in total. The molecule has 9 nitrogen and oxygen atoms in total. The van der Waals surface area contributed by atoms with Crippen molar-refractivity contribution in [2.24, 2.45) is 0 Å². The third-order valence-corrected chi connectivity index (χ3v) is 5.03. The second kappa shape index (κ2) is 8.08. The number of rotatable bonds is 7. The van der Waals surface area contributed by atoms with Gasteiger partial charge in [-0.25, -0.2) is 18.0 Å². The number of ether oxygens (including phenoxy) is 2. The van der Waals surface area contributed by atoms with Crippen LogP contribution in [0, 0.1) is 0 Å². The number of esters is 1. The summed E-state index contributed by atoms with van der Waals surface area (Å²) in [5.74, 6) is -1.30. The number of hydroxylamine groups is 2. The van der Waals surface area contributed by atoms with Crippen LogP contribution >= 0.6 is 0 Å². The number of hydrogen-bond donors (Lipinski definition) is 1. The van der Waals surface area contributed by atoms with Crippen LogP contribution < -0.4 is 0 Å². The maximum absolute atomic E-state index is 12.0. The van der Waals surface area contributed by atoms with Gasteiger partial charge in [0.15, 0.2) is 9.84 Å². The van der Waals surface area contributed by atoms with E-state index in [1.165, 1.54) is 0 Å². The fourth-order valence-electron chi connectivity index (χ4n) is 1.88. The van der Waals surface area contributed by atoms with E-state index in [4.69, 9.17) is 9.57 Å². The first-order valence-electron chi connectivity index (χ1n) is 6.70. The quantitative estimate of drug-likeness (QED) is 0.532. The van der Waals surface area contributed by atoms with Gasteiger partial charge < -0.3 is 19.4 Å². The third kappa shape index (κ3) is 4.22. The Morgan fingerprint density at radius 1 is 1.25 bits per heavy atom. The molecule has 0 bridgehead atoms. The standard InChI is InChI=1S/C14H19NO8S/c1-15(14(10-16,12(17)21-2)24(3,19)20)23-13(18)22-9-11-7-5-4-6-8-11/h4-8,16H,9-10H2,1-3H3/t14-/m0/s1. The highest BCUT2D eigenvalue weighted by Crippen LogP contribution is 2.23. The Balaban J connectivity index is 2.86. The van der Waals surface area contributed by atoms with E-state index >= 15 is 0 Å². The molecule has 0 spiro atoms. The largest absolute Gasteiger partial charge is 0.528 e. The van der Waals surface area contributed by atoms with E-state index in [9.17, 15) is 23.1 Å². The Kier molecular flexibility index (Phi) is 6.70. The molecule has 0 aromatic heterocycles. The van der Waals surface area contributed by atoms with E-state index in [1.54, 1.807) is 30.3 Å². The number of carbonyl (C=O) groups is 2. The summed E-state index contributed by atoms with van der Waals surface area (Å²) in [6.45, 7) is -1.29. The molecule has 0 radical (unpaired) electrons. The number of aliphatic hydroxyl groups is 1. The van der Waals surface area contributed by atoms with Crippen molar-refractivity contribution >= 4 is 22.0 Å². The molecule has 1 atom stereocenters. The summed E-state index contributed by atoms with van der Waals surface area (Å²) in [6.07, 6.45) is -0.540. The molecule has 0 heterocycles. The number of aliphatic hydroxyl groups excluding tert-OH is 1. The van der Waals surface area contributed by atoms with Gasteiger partial charge in [-0.15, -0.1) is 5.06 Å². The highest BCUT2D eigenvalue weighted by Gasteiger charge is 2.55. The maximum Gasteiger partial charge on any atom is 0.528 e. The van der Waals surface area contributed by atoms with Crippen molar-refractivity contribution in [1.29, 1.82) is 0 Å². The Labute approximate surface area is 139 Å². The lowest BCUT2D eigenvalue weighted by Gasteiger charge is -2.33.